The Labute approximate surface area is 212 Å². The van der Waals surface area contributed by atoms with Gasteiger partial charge in [0.1, 0.15) is 11.7 Å². The molecule has 1 unspecified atom stereocenters. The first-order valence-electron chi connectivity index (χ1n) is 11.2. The fraction of sp³-hybridized carbons (Fsp3) is 0.375. The summed E-state index contributed by atoms with van der Waals surface area (Å²) in [5.74, 6) is -2.40. The van der Waals surface area contributed by atoms with E-state index >= 15 is 4.39 Å². The number of sulfone groups is 1. The molecule has 2 atom stereocenters. The number of hydrogen-bond acceptors (Lipinski definition) is 9. The van der Waals surface area contributed by atoms with Gasteiger partial charge in [-0.3, -0.25) is 0 Å². The third-order valence-corrected chi connectivity index (χ3v) is 8.45. The summed E-state index contributed by atoms with van der Waals surface area (Å²) in [6.45, 7) is 3.36. The molecule has 1 N–H and O–H groups in total. The average Bonchev–Trinajstić information content (AvgIpc) is 3.46. The van der Waals surface area contributed by atoms with Crippen LogP contribution < -0.4 is 0 Å². The molecule has 0 saturated heterocycles. The quantitative estimate of drug-likeness (QED) is 0.610. The molecule has 188 valence electrons. The van der Waals surface area contributed by atoms with Crippen LogP contribution in [0.15, 0.2) is 62.9 Å². The number of allylic oxidation sites excluding steroid dienone is 4. The van der Waals surface area contributed by atoms with E-state index < -0.39 is 38.7 Å². The summed E-state index contributed by atoms with van der Waals surface area (Å²) in [5, 5.41) is 23.6. The molecule has 2 aromatic rings. The highest BCUT2D eigenvalue weighted by atomic mass is 35.5. The van der Waals surface area contributed by atoms with Gasteiger partial charge < -0.3 is 19.3 Å². The van der Waals surface area contributed by atoms with Crippen LogP contribution in [-0.2, 0) is 26.5 Å². The van der Waals surface area contributed by atoms with Crippen LogP contribution in [0.5, 0.6) is 0 Å². The molecule has 0 radical (unpaired) electrons. The summed E-state index contributed by atoms with van der Waals surface area (Å²) < 4.78 is 53.0. The zero-order valence-electron chi connectivity index (χ0n) is 19.4. The first-order valence-corrected chi connectivity index (χ1v) is 13.2. The van der Waals surface area contributed by atoms with Gasteiger partial charge in [0.05, 0.1) is 41.2 Å². The van der Waals surface area contributed by atoms with Gasteiger partial charge in [-0.25, -0.2) is 12.8 Å². The fourth-order valence-corrected chi connectivity index (χ4v) is 5.99. The SMILES string of the molecule is CC(C)(CO)c1nc(C2CC3=C(C=C2F)S(=O)(=O)C[C@H](C#N)C2=C(O2)N3Cc2ccc(Cl)cc2)no1. The Morgan fingerprint density at radius 3 is 2.72 bits per heavy atom. The van der Waals surface area contributed by atoms with Crippen molar-refractivity contribution in [2.24, 2.45) is 5.92 Å². The van der Waals surface area contributed by atoms with Crippen LogP contribution >= 0.6 is 11.6 Å². The summed E-state index contributed by atoms with van der Waals surface area (Å²) in [7, 11) is -4.04. The summed E-state index contributed by atoms with van der Waals surface area (Å²) in [6.07, 6.45) is 0.893. The molecule has 0 bridgehead atoms. The van der Waals surface area contributed by atoms with Crippen LogP contribution in [0.3, 0.4) is 0 Å². The maximum atomic E-state index is 15.4. The number of ether oxygens (including phenoxy) is 1. The molecule has 0 saturated carbocycles. The highest BCUT2D eigenvalue weighted by Crippen LogP contribution is 2.48. The number of rotatable bonds is 5. The lowest BCUT2D eigenvalue weighted by Gasteiger charge is -2.30. The van der Waals surface area contributed by atoms with E-state index in [-0.39, 0.29) is 36.2 Å². The lowest BCUT2D eigenvalue weighted by molar-refractivity contribution is 0.182. The number of aliphatic hydroxyl groups excluding tert-OH is 1. The van der Waals surface area contributed by atoms with E-state index in [1.54, 1.807) is 43.0 Å². The third-order valence-electron chi connectivity index (χ3n) is 6.41. The molecular weight excluding hydrogens is 511 g/mol. The van der Waals surface area contributed by atoms with E-state index in [4.69, 9.17) is 20.9 Å². The maximum absolute atomic E-state index is 15.4. The fourth-order valence-electron chi connectivity index (χ4n) is 4.18. The minimum Gasteiger partial charge on any atom is -0.435 e. The monoisotopic (exact) mass is 532 g/mol. The molecule has 2 aliphatic heterocycles. The summed E-state index contributed by atoms with van der Waals surface area (Å²) >= 11 is 6.01. The molecule has 0 fully saturated rings. The number of aliphatic hydroxyl groups is 1. The van der Waals surface area contributed by atoms with Gasteiger partial charge in [-0.15, -0.1) is 0 Å². The third kappa shape index (κ3) is 4.30. The molecule has 1 aromatic heterocycles. The van der Waals surface area contributed by atoms with Gasteiger partial charge in [0, 0.05) is 17.1 Å². The van der Waals surface area contributed by atoms with Gasteiger partial charge in [0.25, 0.3) is 0 Å². The Morgan fingerprint density at radius 2 is 2.06 bits per heavy atom. The summed E-state index contributed by atoms with van der Waals surface area (Å²) in [4.78, 5) is 5.76. The number of aromatic nitrogens is 2. The minimum atomic E-state index is -4.04. The number of halogens is 2. The van der Waals surface area contributed by atoms with Gasteiger partial charge >= 0.3 is 0 Å². The van der Waals surface area contributed by atoms with Crippen LogP contribution in [0, 0.1) is 17.2 Å². The summed E-state index contributed by atoms with van der Waals surface area (Å²) in [6, 6.07) is 8.98. The largest absolute Gasteiger partial charge is 0.435 e. The van der Waals surface area contributed by atoms with Crippen molar-refractivity contribution in [1.29, 1.82) is 5.26 Å². The molecule has 5 rings (SSSR count). The van der Waals surface area contributed by atoms with Crippen LogP contribution in [0.25, 0.3) is 0 Å². The molecule has 0 spiro atoms. The van der Waals surface area contributed by atoms with Crippen molar-refractivity contribution in [3.05, 3.63) is 80.7 Å². The van der Waals surface area contributed by atoms with Crippen LogP contribution in [-0.4, -0.2) is 40.9 Å². The first kappa shape index (κ1) is 24.5. The highest BCUT2D eigenvalue weighted by molar-refractivity contribution is 7.95. The predicted octanol–water partition coefficient (Wildman–Crippen LogP) is 3.81. The standard InChI is InChI=1S/C24H22ClFN4O5S/c1-24(2,12-31)23-28-21(29-35-23)16-7-18-19(8-17(16)26)36(32,33)11-14(9-27)20-22(34-20)30(18)10-13-3-5-15(25)6-4-13/h3-6,8,14,16,31H,7,10-12H2,1-2H3/t14-,16?/m0/s1. The Morgan fingerprint density at radius 1 is 1.33 bits per heavy atom. The number of benzene rings is 1. The maximum Gasteiger partial charge on any atom is 0.240 e. The van der Waals surface area contributed by atoms with E-state index in [0.29, 0.717) is 22.4 Å². The van der Waals surface area contributed by atoms with E-state index in [2.05, 4.69) is 10.1 Å². The topological polar surface area (TPSA) is 133 Å². The molecule has 0 amide bonds. The van der Waals surface area contributed by atoms with Gasteiger partial charge in [-0.1, -0.05) is 28.9 Å². The lowest BCUT2D eigenvalue weighted by atomic mass is 9.93. The van der Waals surface area contributed by atoms with Gasteiger partial charge in [-0.05, 0) is 37.6 Å². The van der Waals surface area contributed by atoms with Crippen molar-refractivity contribution < 1.29 is 27.2 Å². The second-order valence-corrected chi connectivity index (χ2v) is 12.0. The highest BCUT2D eigenvalue weighted by Gasteiger charge is 2.47. The zero-order chi connectivity index (χ0) is 25.8. The van der Waals surface area contributed by atoms with E-state index in [1.807, 2.05) is 6.07 Å². The number of nitriles is 1. The van der Waals surface area contributed by atoms with Crippen molar-refractivity contribution in [3.63, 3.8) is 0 Å². The molecule has 3 aliphatic rings. The van der Waals surface area contributed by atoms with Crippen LogP contribution in [0.1, 0.15) is 43.5 Å². The second-order valence-electron chi connectivity index (χ2n) is 9.54. The molecule has 36 heavy (non-hydrogen) atoms. The van der Waals surface area contributed by atoms with Crippen molar-refractivity contribution >= 4 is 21.4 Å². The minimum absolute atomic E-state index is 0.0403. The Balaban J connectivity index is 1.59. The van der Waals surface area contributed by atoms with Gasteiger partial charge in [0.2, 0.25) is 11.8 Å². The molecule has 12 heteroatoms. The van der Waals surface area contributed by atoms with Crippen molar-refractivity contribution in [3.8, 4) is 6.07 Å². The molecule has 1 aromatic carbocycles. The van der Waals surface area contributed by atoms with E-state index in [9.17, 15) is 18.8 Å². The van der Waals surface area contributed by atoms with Crippen LogP contribution in [0.4, 0.5) is 4.39 Å². The normalized spacial score (nSPS) is 23.1. The van der Waals surface area contributed by atoms with Crippen molar-refractivity contribution in [2.75, 3.05) is 12.4 Å². The Hall–Kier alpha value is -3.20. The molecule has 3 heterocycles. The molecule has 1 aliphatic carbocycles. The van der Waals surface area contributed by atoms with E-state index in [1.165, 1.54) is 0 Å². The van der Waals surface area contributed by atoms with Gasteiger partial charge in [0.15, 0.2) is 21.4 Å². The van der Waals surface area contributed by atoms with Crippen molar-refractivity contribution in [1.82, 2.24) is 15.0 Å². The smallest absolute Gasteiger partial charge is 0.240 e. The van der Waals surface area contributed by atoms with Crippen LogP contribution in [0.2, 0.25) is 5.02 Å². The number of hydrogen-bond donors (Lipinski definition) is 1. The van der Waals surface area contributed by atoms with Gasteiger partial charge in [-0.2, -0.15) is 10.2 Å². The Bertz CT molecular complexity index is 1470. The second kappa shape index (κ2) is 8.73. The average molecular weight is 533 g/mol. The van der Waals surface area contributed by atoms with E-state index in [0.717, 1.165) is 11.6 Å². The lowest BCUT2D eigenvalue weighted by Crippen LogP contribution is -2.29. The van der Waals surface area contributed by atoms with Crippen molar-refractivity contribution in [2.45, 2.75) is 38.1 Å². The number of nitrogens with zero attached hydrogens (tertiary/aromatic N) is 4. The first-order chi connectivity index (χ1) is 17.0. The molecular formula is C24H22ClFN4O5S. The summed E-state index contributed by atoms with van der Waals surface area (Å²) in [5.41, 5.74) is 0.284. The predicted molar refractivity (Wildman–Crippen MR) is 126 cm³/mol. The molecule has 9 nitrogen and oxygen atoms in total. The Kier molecular flexibility index (Phi) is 5.94. The zero-order valence-corrected chi connectivity index (χ0v) is 21.0.